The first-order chi connectivity index (χ1) is 11.3. The van der Waals surface area contributed by atoms with Crippen LogP contribution >= 0.6 is 0 Å². The molecule has 0 atom stereocenters. The first-order valence-electron chi connectivity index (χ1n) is 6.65. The molecule has 2 rings (SSSR count). The van der Waals surface area contributed by atoms with E-state index in [-0.39, 0.29) is 17.9 Å². The second kappa shape index (κ2) is 7.11. The van der Waals surface area contributed by atoms with Crippen LogP contribution in [-0.2, 0) is 21.4 Å². The number of hydrogen-bond acceptors (Lipinski definition) is 5. The van der Waals surface area contributed by atoms with Gasteiger partial charge in [0.05, 0.1) is 11.3 Å². The Bertz CT molecular complexity index is 865. The Morgan fingerprint density at radius 2 is 1.79 bits per heavy atom. The van der Waals surface area contributed by atoms with Crippen LogP contribution in [0, 0.1) is 0 Å². The fourth-order valence-corrected chi connectivity index (χ4v) is 2.55. The molecular weight excluding hydrogens is 336 g/mol. The van der Waals surface area contributed by atoms with Gasteiger partial charge in [0.2, 0.25) is 10.0 Å². The van der Waals surface area contributed by atoms with Crippen molar-refractivity contribution in [3.8, 4) is 0 Å². The summed E-state index contributed by atoms with van der Waals surface area (Å²) < 4.78 is 28.0. The third-order valence-corrected chi connectivity index (χ3v) is 3.95. The summed E-state index contributed by atoms with van der Waals surface area (Å²) in [6, 6.07) is 11.9. The molecule has 0 unspecified atom stereocenters. The summed E-state index contributed by atoms with van der Waals surface area (Å²) in [5, 5.41) is 16.2. The highest BCUT2D eigenvalue weighted by Gasteiger charge is 2.18. The van der Waals surface area contributed by atoms with Crippen molar-refractivity contribution in [1.82, 2.24) is 0 Å². The van der Waals surface area contributed by atoms with Gasteiger partial charge in [-0.3, -0.25) is 5.32 Å². The summed E-state index contributed by atoms with van der Waals surface area (Å²) in [5.74, 6) is -1.28. The van der Waals surface area contributed by atoms with Crippen molar-refractivity contribution in [1.29, 1.82) is 0 Å². The summed E-state index contributed by atoms with van der Waals surface area (Å²) in [6.45, 7) is -0.0317. The average Bonchev–Trinajstić information content (AvgIpc) is 2.52. The van der Waals surface area contributed by atoms with E-state index in [0.29, 0.717) is 0 Å². The third-order valence-electron chi connectivity index (χ3n) is 2.98. The van der Waals surface area contributed by atoms with E-state index in [1.165, 1.54) is 0 Å². The molecule has 0 saturated heterocycles. The lowest BCUT2D eigenvalue weighted by molar-refractivity contribution is 0.0696. The number of hydrogen-bond donors (Lipinski definition) is 3. The van der Waals surface area contributed by atoms with Crippen LogP contribution in [0.2, 0.25) is 0 Å². The smallest absolute Gasteiger partial charge is 0.411 e. The van der Waals surface area contributed by atoms with E-state index < -0.39 is 27.0 Å². The lowest BCUT2D eigenvalue weighted by Gasteiger charge is -2.11. The number of carbonyl (C=O) groups is 2. The molecule has 0 saturated carbocycles. The number of carbonyl (C=O) groups excluding carboxylic acids is 1. The third kappa shape index (κ3) is 4.54. The van der Waals surface area contributed by atoms with Crippen LogP contribution in [0.5, 0.6) is 0 Å². The van der Waals surface area contributed by atoms with Gasteiger partial charge in [-0.25, -0.2) is 23.1 Å². The van der Waals surface area contributed by atoms with E-state index in [9.17, 15) is 18.0 Å². The van der Waals surface area contributed by atoms with E-state index in [1.807, 2.05) is 0 Å². The zero-order chi connectivity index (χ0) is 17.7. The van der Waals surface area contributed by atoms with Crippen LogP contribution in [0.3, 0.4) is 0 Å². The molecule has 2 aromatic rings. The molecule has 24 heavy (non-hydrogen) atoms. The number of sulfonamides is 1. The molecule has 8 nitrogen and oxygen atoms in total. The highest BCUT2D eigenvalue weighted by Crippen LogP contribution is 2.22. The average molecular weight is 350 g/mol. The maximum absolute atomic E-state index is 11.8. The Morgan fingerprint density at radius 3 is 2.38 bits per heavy atom. The molecule has 0 aromatic heterocycles. The quantitative estimate of drug-likeness (QED) is 0.752. The SMILES string of the molecule is NS(=O)(=O)c1ccc(C(=O)O)cc1NC(=O)OCc1ccccc1. The van der Waals surface area contributed by atoms with Crippen molar-refractivity contribution < 1.29 is 27.9 Å². The largest absolute Gasteiger partial charge is 0.478 e. The molecule has 0 aliphatic carbocycles. The van der Waals surface area contributed by atoms with Crippen LogP contribution in [0.4, 0.5) is 10.5 Å². The molecule has 1 amide bonds. The number of rotatable bonds is 5. The number of aromatic carboxylic acids is 1. The Hall–Kier alpha value is -2.91. The van der Waals surface area contributed by atoms with Crippen LogP contribution in [0.15, 0.2) is 53.4 Å². The summed E-state index contributed by atoms with van der Waals surface area (Å²) in [5.41, 5.74) is 0.259. The summed E-state index contributed by atoms with van der Waals surface area (Å²) >= 11 is 0. The van der Waals surface area contributed by atoms with Gasteiger partial charge < -0.3 is 9.84 Å². The van der Waals surface area contributed by atoms with Crippen molar-refractivity contribution in [2.75, 3.05) is 5.32 Å². The maximum Gasteiger partial charge on any atom is 0.411 e. The number of amides is 1. The van der Waals surface area contributed by atoms with Crippen LogP contribution < -0.4 is 10.5 Å². The van der Waals surface area contributed by atoms with Crippen molar-refractivity contribution in [2.24, 2.45) is 5.14 Å². The van der Waals surface area contributed by atoms with E-state index in [2.05, 4.69) is 5.32 Å². The van der Waals surface area contributed by atoms with Gasteiger partial charge in [-0.2, -0.15) is 0 Å². The van der Waals surface area contributed by atoms with Gasteiger partial charge in [-0.1, -0.05) is 30.3 Å². The summed E-state index contributed by atoms with van der Waals surface area (Å²) in [6.07, 6.45) is -0.939. The molecule has 2 aromatic carbocycles. The first-order valence-corrected chi connectivity index (χ1v) is 8.20. The number of benzene rings is 2. The summed E-state index contributed by atoms with van der Waals surface area (Å²) in [4.78, 5) is 22.4. The number of nitrogens with two attached hydrogens (primary N) is 1. The first kappa shape index (κ1) is 17.4. The molecule has 0 spiro atoms. The molecule has 0 aliphatic heterocycles. The minimum Gasteiger partial charge on any atom is -0.478 e. The Morgan fingerprint density at radius 1 is 1.12 bits per heavy atom. The lowest BCUT2D eigenvalue weighted by atomic mass is 10.2. The van der Waals surface area contributed by atoms with E-state index in [4.69, 9.17) is 15.0 Å². The zero-order valence-electron chi connectivity index (χ0n) is 12.3. The monoisotopic (exact) mass is 350 g/mol. The fourth-order valence-electron chi connectivity index (χ4n) is 1.88. The molecule has 0 radical (unpaired) electrons. The van der Waals surface area contributed by atoms with Crippen molar-refractivity contribution in [2.45, 2.75) is 11.5 Å². The number of carboxylic acids is 1. The molecule has 0 fully saturated rings. The lowest BCUT2D eigenvalue weighted by Crippen LogP contribution is -2.19. The standard InChI is InChI=1S/C15H14N2O6S/c16-24(21,22)13-7-6-11(14(18)19)8-12(13)17-15(20)23-9-10-4-2-1-3-5-10/h1-8H,9H2,(H,17,20)(H,18,19)(H2,16,21,22). The number of carboxylic acid groups (broad SMARTS) is 1. The van der Waals surface area contributed by atoms with Gasteiger partial charge in [0.1, 0.15) is 11.5 Å². The maximum atomic E-state index is 11.8. The molecule has 4 N–H and O–H groups in total. The predicted molar refractivity (Wildman–Crippen MR) is 85.0 cm³/mol. The van der Waals surface area contributed by atoms with Gasteiger partial charge in [0.15, 0.2) is 0 Å². The molecule has 9 heteroatoms. The van der Waals surface area contributed by atoms with Gasteiger partial charge in [-0.05, 0) is 23.8 Å². The Labute approximate surface area is 137 Å². The molecule has 0 heterocycles. The van der Waals surface area contributed by atoms with Gasteiger partial charge in [-0.15, -0.1) is 0 Å². The van der Waals surface area contributed by atoms with Gasteiger partial charge in [0, 0.05) is 0 Å². The van der Waals surface area contributed by atoms with Crippen molar-refractivity contribution in [3.05, 3.63) is 59.7 Å². The fraction of sp³-hybridized carbons (Fsp3) is 0.0667. The minimum absolute atomic E-state index is 0.0317. The Kier molecular flexibility index (Phi) is 5.17. The topological polar surface area (TPSA) is 136 Å². The number of anilines is 1. The minimum atomic E-state index is -4.15. The van der Waals surface area contributed by atoms with Gasteiger partial charge >= 0.3 is 12.1 Å². The number of primary sulfonamides is 1. The van der Waals surface area contributed by atoms with E-state index in [0.717, 1.165) is 23.8 Å². The van der Waals surface area contributed by atoms with Gasteiger partial charge in [0.25, 0.3) is 0 Å². The predicted octanol–water partition coefficient (Wildman–Crippen LogP) is 1.78. The number of nitrogens with one attached hydrogen (secondary N) is 1. The normalized spacial score (nSPS) is 10.9. The van der Waals surface area contributed by atoms with Crippen LogP contribution in [0.1, 0.15) is 15.9 Å². The van der Waals surface area contributed by atoms with Crippen LogP contribution in [0.25, 0.3) is 0 Å². The Balaban J connectivity index is 2.19. The van der Waals surface area contributed by atoms with Crippen molar-refractivity contribution >= 4 is 27.8 Å². The number of ether oxygens (including phenoxy) is 1. The summed E-state index contributed by atoms with van der Waals surface area (Å²) in [7, 11) is -4.15. The second-order valence-electron chi connectivity index (χ2n) is 4.75. The molecule has 126 valence electrons. The second-order valence-corrected chi connectivity index (χ2v) is 6.28. The van der Waals surface area contributed by atoms with E-state index in [1.54, 1.807) is 30.3 Å². The molecule has 0 aliphatic rings. The highest BCUT2D eigenvalue weighted by atomic mass is 32.2. The highest BCUT2D eigenvalue weighted by molar-refractivity contribution is 7.89. The van der Waals surface area contributed by atoms with Crippen molar-refractivity contribution in [3.63, 3.8) is 0 Å². The molecular formula is C15H14N2O6S. The van der Waals surface area contributed by atoms with E-state index >= 15 is 0 Å². The zero-order valence-corrected chi connectivity index (χ0v) is 13.1. The molecule has 0 bridgehead atoms. The van der Waals surface area contributed by atoms with Crippen LogP contribution in [-0.4, -0.2) is 25.6 Å².